The van der Waals surface area contributed by atoms with Gasteiger partial charge in [-0.05, 0) is 43.0 Å². The first-order chi connectivity index (χ1) is 10.7. The fourth-order valence-electron chi connectivity index (χ4n) is 3.31. The molecule has 2 aliphatic rings. The van der Waals surface area contributed by atoms with E-state index in [1.807, 2.05) is 0 Å². The van der Waals surface area contributed by atoms with Crippen molar-refractivity contribution in [3.8, 4) is 0 Å². The third-order valence-electron chi connectivity index (χ3n) is 4.33. The van der Waals surface area contributed by atoms with Crippen molar-refractivity contribution in [3.63, 3.8) is 0 Å². The van der Waals surface area contributed by atoms with Crippen molar-refractivity contribution in [1.82, 2.24) is 4.90 Å². The highest BCUT2D eigenvalue weighted by Gasteiger charge is 2.31. The van der Waals surface area contributed by atoms with Crippen molar-refractivity contribution in [2.75, 3.05) is 14.1 Å². The van der Waals surface area contributed by atoms with Crippen molar-refractivity contribution in [2.24, 2.45) is 0 Å². The van der Waals surface area contributed by atoms with Gasteiger partial charge in [0.05, 0.1) is 0 Å². The van der Waals surface area contributed by atoms with Gasteiger partial charge < -0.3 is 4.90 Å². The molecule has 0 bridgehead atoms. The van der Waals surface area contributed by atoms with Gasteiger partial charge in [-0.15, -0.1) is 0 Å². The first-order valence-electron chi connectivity index (χ1n) is 8.02. The second kappa shape index (κ2) is 6.67. The van der Waals surface area contributed by atoms with Crippen LogP contribution in [0.4, 0.5) is 0 Å². The molecule has 0 fully saturated rings. The second-order valence-electron chi connectivity index (χ2n) is 5.94. The topological polar surface area (TPSA) is 3.24 Å². The van der Waals surface area contributed by atoms with E-state index >= 15 is 0 Å². The number of nitrogens with zero attached hydrogens (tertiary/aromatic N) is 1. The maximum Gasteiger partial charge on any atom is 0.0359 e. The van der Waals surface area contributed by atoms with E-state index in [-0.39, 0.29) is 7.92 Å². The minimum atomic E-state index is -0.352. The summed E-state index contributed by atoms with van der Waals surface area (Å²) in [6.45, 7) is 2.29. The number of hydrogen-bond acceptors (Lipinski definition) is 1. The van der Waals surface area contributed by atoms with Gasteiger partial charge in [-0.2, -0.15) is 0 Å². The Kier molecular flexibility index (Phi) is 4.64. The van der Waals surface area contributed by atoms with Crippen LogP contribution < -0.4 is 5.30 Å². The van der Waals surface area contributed by atoms with Gasteiger partial charge in [0.1, 0.15) is 0 Å². The predicted octanol–water partition coefficient (Wildman–Crippen LogP) is 4.80. The van der Waals surface area contributed by atoms with Gasteiger partial charge in [-0.25, -0.2) is 0 Å². The zero-order valence-corrected chi connectivity index (χ0v) is 14.6. The van der Waals surface area contributed by atoms with Crippen LogP contribution >= 0.6 is 7.92 Å². The zero-order chi connectivity index (χ0) is 15.5. The predicted molar refractivity (Wildman–Crippen MR) is 98.8 cm³/mol. The summed E-state index contributed by atoms with van der Waals surface area (Å²) in [4.78, 5) is 2.26. The van der Waals surface area contributed by atoms with Gasteiger partial charge >= 0.3 is 0 Å². The van der Waals surface area contributed by atoms with E-state index < -0.39 is 0 Å². The Morgan fingerprint density at radius 2 is 1.91 bits per heavy atom. The molecular weight excluding hydrogens is 285 g/mol. The second-order valence-corrected chi connectivity index (χ2v) is 8.26. The van der Waals surface area contributed by atoms with Crippen LogP contribution in [0.3, 0.4) is 0 Å². The van der Waals surface area contributed by atoms with Crippen LogP contribution in [0.25, 0.3) is 0 Å². The van der Waals surface area contributed by atoms with Crippen LogP contribution in [0, 0.1) is 0 Å². The van der Waals surface area contributed by atoms with Crippen LogP contribution in [-0.4, -0.2) is 24.7 Å². The van der Waals surface area contributed by atoms with E-state index in [1.54, 1.807) is 5.57 Å². The molecule has 22 heavy (non-hydrogen) atoms. The molecule has 1 aromatic carbocycles. The van der Waals surface area contributed by atoms with Gasteiger partial charge in [0.15, 0.2) is 0 Å². The molecule has 1 nitrogen and oxygen atoms in total. The average Bonchev–Trinajstić information content (AvgIpc) is 3.18. The Balaban J connectivity index is 2.04. The van der Waals surface area contributed by atoms with Gasteiger partial charge in [0.25, 0.3) is 0 Å². The zero-order valence-electron chi connectivity index (χ0n) is 13.7. The highest BCUT2D eigenvalue weighted by molar-refractivity contribution is 7.71. The van der Waals surface area contributed by atoms with Crippen molar-refractivity contribution >= 4 is 13.2 Å². The summed E-state index contributed by atoms with van der Waals surface area (Å²) < 4.78 is 0. The molecule has 0 saturated carbocycles. The normalized spacial score (nSPS) is 21.4. The average molecular weight is 309 g/mol. The summed E-state index contributed by atoms with van der Waals surface area (Å²) in [5, 5.41) is 3.01. The number of benzene rings is 1. The Hall–Kier alpha value is -1.59. The molecule has 2 atom stereocenters. The van der Waals surface area contributed by atoms with Gasteiger partial charge in [-0.3, -0.25) is 0 Å². The molecule has 0 aromatic heterocycles. The van der Waals surface area contributed by atoms with Crippen LogP contribution in [0.2, 0.25) is 0 Å². The molecule has 3 rings (SSSR count). The van der Waals surface area contributed by atoms with Gasteiger partial charge in [-0.1, -0.05) is 61.6 Å². The maximum absolute atomic E-state index is 2.43. The molecule has 0 heterocycles. The molecule has 0 amide bonds. The Morgan fingerprint density at radius 1 is 1.14 bits per heavy atom. The van der Waals surface area contributed by atoms with Crippen molar-refractivity contribution in [3.05, 3.63) is 77.3 Å². The van der Waals surface area contributed by atoms with Crippen LogP contribution in [0.5, 0.6) is 0 Å². The smallest absolute Gasteiger partial charge is 0.0359 e. The van der Waals surface area contributed by atoms with E-state index in [2.05, 4.69) is 86.6 Å². The van der Waals surface area contributed by atoms with Crippen LogP contribution in [0.1, 0.15) is 19.8 Å². The van der Waals surface area contributed by atoms with E-state index in [4.69, 9.17) is 0 Å². The first kappa shape index (κ1) is 15.3. The van der Waals surface area contributed by atoms with Gasteiger partial charge in [0.2, 0.25) is 0 Å². The molecule has 0 radical (unpaired) electrons. The summed E-state index contributed by atoms with van der Waals surface area (Å²) in [5.74, 6) is 0. The third-order valence-corrected chi connectivity index (χ3v) is 7.11. The first-order valence-corrected chi connectivity index (χ1v) is 9.43. The van der Waals surface area contributed by atoms with Crippen LogP contribution in [0.15, 0.2) is 77.3 Å². The van der Waals surface area contributed by atoms with E-state index in [0.29, 0.717) is 5.66 Å². The number of likely N-dealkylation sites (N-methyl/N-ethyl adjacent to an activating group) is 1. The highest BCUT2D eigenvalue weighted by Crippen LogP contribution is 2.55. The Labute approximate surface area is 135 Å². The summed E-state index contributed by atoms with van der Waals surface area (Å²) in [7, 11) is 3.95. The maximum atomic E-state index is 2.43. The minimum absolute atomic E-state index is 0.352. The molecule has 0 N–H and O–H groups in total. The molecular formula is C20H24NP. The van der Waals surface area contributed by atoms with Crippen molar-refractivity contribution in [2.45, 2.75) is 25.4 Å². The lowest BCUT2D eigenvalue weighted by Crippen LogP contribution is -2.16. The Bertz CT molecular complexity index is 650. The molecule has 0 saturated heterocycles. The lowest BCUT2D eigenvalue weighted by Gasteiger charge is -2.28. The lowest BCUT2D eigenvalue weighted by molar-refractivity contribution is 0.523. The monoisotopic (exact) mass is 309 g/mol. The molecule has 114 valence electrons. The number of hydrogen-bond donors (Lipinski definition) is 0. The van der Waals surface area contributed by atoms with E-state index in [9.17, 15) is 0 Å². The number of allylic oxidation sites excluding steroid dienone is 7. The minimum Gasteiger partial charge on any atom is -0.378 e. The largest absolute Gasteiger partial charge is 0.378 e. The van der Waals surface area contributed by atoms with E-state index in [0.717, 1.165) is 12.8 Å². The van der Waals surface area contributed by atoms with Crippen molar-refractivity contribution in [1.29, 1.82) is 0 Å². The lowest BCUT2D eigenvalue weighted by atomic mass is 10.1. The SMILES string of the molecule is CCC1=C(N(C)C)C=CC1P(C1=CCC=C1)c1ccccc1. The fourth-order valence-corrected chi connectivity index (χ4v) is 6.20. The summed E-state index contributed by atoms with van der Waals surface area (Å²) in [5.41, 5.74) is 3.52. The van der Waals surface area contributed by atoms with Gasteiger partial charge in [0, 0.05) is 25.5 Å². The Morgan fingerprint density at radius 3 is 2.50 bits per heavy atom. The number of rotatable bonds is 5. The summed E-state index contributed by atoms with van der Waals surface area (Å²) in [6, 6.07) is 11.1. The molecule has 2 unspecified atom stereocenters. The summed E-state index contributed by atoms with van der Waals surface area (Å²) in [6.07, 6.45) is 14.0. The molecule has 2 heteroatoms. The molecule has 0 aliphatic heterocycles. The van der Waals surface area contributed by atoms with E-state index in [1.165, 1.54) is 16.3 Å². The van der Waals surface area contributed by atoms with Crippen LogP contribution in [-0.2, 0) is 0 Å². The molecule has 0 spiro atoms. The molecule has 1 aromatic rings. The third kappa shape index (κ3) is 2.83. The molecule has 2 aliphatic carbocycles. The highest BCUT2D eigenvalue weighted by atomic mass is 31.1. The van der Waals surface area contributed by atoms with Crippen molar-refractivity contribution < 1.29 is 0 Å². The fraction of sp³-hybridized carbons (Fsp3) is 0.300. The standard InChI is InChI=1S/C20H24NP/c1-4-18-19(21(2)3)14-15-20(18)22(17-12-8-9-13-17)16-10-6-5-7-11-16/h5-8,10-15,20H,4,9H2,1-3H3. The quantitative estimate of drug-likeness (QED) is 0.706. The summed E-state index contributed by atoms with van der Waals surface area (Å²) >= 11 is 0.